The standard InChI is InChI=1S/C18H26FN5.HI/c1-13-11-22-24(12-13)9-5-8-21-18(20-4)23-15(3)16-7-6-14(2)17(19)10-16;/h6-7,10-12,15H,5,8-9H2,1-4H3,(H2,20,21,23);1H. The molecular weight excluding hydrogens is 432 g/mol. The Morgan fingerprint density at radius 1 is 1.36 bits per heavy atom. The monoisotopic (exact) mass is 459 g/mol. The highest BCUT2D eigenvalue weighted by Gasteiger charge is 2.09. The molecule has 2 N–H and O–H groups in total. The number of hydrogen-bond acceptors (Lipinski definition) is 2. The number of aryl methyl sites for hydroxylation is 3. The minimum absolute atomic E-state index is 0. The van der Waals surface area contributed by atoms with Crippen LogP contribution in [0.5, 0.6) is 0 Å². The summed E-state index contributed by atoms with van der Waals surface area (Å²) in [6, 6.07) is 5.27. The van der Waals surface area contributed by atoms with Gasteiger partial charge in [-0.15, -0.1) is 24.0 Å². The van der Waals surface area contributed by atoms with E-state index in [0.717, 1.165) is 25.1 Å². The molecule has 0 amide bonds. The van der Waals surface area contributed by atoms with Crippen LogP contribution in [0.2, 0.25) is 0 Å². The van der Waals surface area contributed by atoms with Gasteiger partial charge in [-0.25, -0.2) is 4.39 Å². The van der Waals surface area contributed by atoms with Crippen LogP contribution in [0.25, 0.3) is 0 Å². The molecule has 0 radical (unpaired) electrons. The largest absolute Gasteiger partial charge is 0.356 e. The van der Waals surface area contributed by atoms with Crippen molar-refractivity contribution >= 4 is 29.9 Å². The van der Waals surface area contributed by atoms with E-state index in [9.17, 15) is 4.39 Å². The minimum Gasteiger partial charge on any atom is -0.356 e. The summed E-state index contributed by atoms with van der Waals surface area (Å²) in [5, 5.41) is 10.8. The highest BCUT2D eigenvalue weighted by Crippen LogP contribution is 2.16. The molecule has 2 rings (SSSR count). The van der Waals surface area contributed by atoms with Crippen LogP contribution in [0, 0.1) is 19.7 Å². The zero-order valence-corrected chi connectivity index (χ0v) is 17.5. The predicted molar refractivity (Wildman–Crippen MR) is 111 cm³/mol. The van der Waals surface area contributed by atoms with Crippen LogP contribution in [-0.2, 0) is 6.54 Å². The molecule has 1 heterocycles. The fourth-order valence-electron chi connectivity index (χ4n) is 2.40. The van der Waals surface area contributed by atoms with Crippen molar-refractivity contribution in [3.05, 3.63) is 53.1 Å². The Labute approximate surface area is 166 Å². The van der Waals surface area contributed by atoms with Gasteiger partial charge in [-0.1, -0.05) is 12.1 Å². The maximum absolute atomic E-state index is 13.7. The first-order valence-corrected chi connectivity index (χ1v) is 8.22. The normalized spacial score (nSPS) is 12.4. The summed E-state index contributed by atoms with van der Waals surface area (Å²) in [6.45, 7) is 7.43. The molecule has 5 nitrogen and oxygen atoms in total. The lowest BCUT2D eigenvalue weighted by molar-refractivity contribution is 0.566. The fourth-order valence-corrected chi connectivity index (χ4v) is 2.40. The van der Waals surface area contributed by atoms with Crippen molar-refractivity contribution < 1.29 is 4.39 Å². The number of aliphatic imine (C=N–C) groups is 1. The average Bonchev–Trinajstić information content (AvgIpc) is 2.98. The highest BCUT2D eigenvalue weighted by molar-refractivity contribution is 14.0. The molecule has 0 fully saturated rings. The van der Waals surface area contributed by atoms with E-state index in [2.05, 4.69) is 20.7 Å². The maximum Gasteiger partial charge on any atom is 0.191 e. The lowest BCUT2D eigenvalue weighted by Crippen LogP contribution is -2.39. The average molecular weight is 459 g/mol. The topological polar surface area (TPSA) is 54.2 Å². The number of rotatable bonds is 6. The van der Waals surface area contributed by atoms with Crippen molar-refractivity contribution in [1.29, 1.82) is 0 Å². The van der Waals surface area contributed by atoms with Gasteiger partial charge in [0.15, 0.2) is 5.96 Å². The molecule has 138 valence electrons. The molecule has 1 aromatic carbocycles. The lowest BCUT2D eigenvalue weighted by atomic mass is 10.1. The third-order valence-electron chi connectivity index (χ3n) is 3.89. The van der Waals surface area contributed by atoms with Crippen molar-refractivity contribution in [2.24, 2.45) is 4.99 Å². The van der Waals surface area contributed by atoms with E-state index >= 15 is 0 Å². The number of guanidine groups is 1. The van der Waals surface area contributed by atoms with Gasteiger partial charge in [0.1, 0.15) is 5.82 Å². The molecular formula is C18H27FIN5. The molecule has 1 unspecified atom stereocenters. The summed E-state index contributed by atoms with van der Waals surface area (Å²) in [7, 11) is 1.73. The number of benzene rings is 1. The SMILES string of the molecule is CN=C(NCCCn1cc(C)cn1)NC(C)c1ccc(C)c(F)c1.I. The molecule has 1 atom stereocenters. The molecule has 0 aliphatic rings. The molecule has 0 bridgehead atoms. The van der Waals surface area contributed by atoms with Crippen molar-refractivity contribution in [2.75, 3.05) is 13.6 Å². The van der Waals surface area contributed by atoms with Crippen LogP contribution >= 0.6 is 24.0 Å². The van der Waals surface area contributed by atoms with E-state index in [1.54, 1.807) is 26.1 Å². The van der Waals surface area contributed by atoms with Crippen LogP contribution < -0.4 is 10.6 Å². The molecule has 0 aliphatic carbocycles. The van der Waals surface area contributed by atoms with Gasteiger partial charge in [-0.05, 0) is 49.9 Å². The van der Waals surface area contributed by atoms with Gasteiger partial charge >= 0.3 is 0 Å². The van der Waals surface area contributed by atoms with E-state index in [4.69, 9.17) is 0 Å². The van der Waals surface area contributed by atoms with Crippen LogP contribution in [0.15, 0.2) is 35.6 Å². The first-order chi connectivity index (χ1) is 11.5. The summed E-state index contributed by atoms with van der Waals surface area (Å²) >= 11 is 0. The second-order valence-corrected chi connectivity index (χ2v) is 6.01. The predicted octanol–water partition coefficient (Wildman–Crippen LogP) is 3.57. The van der Waals surface area contributed by atoms with Crippen molar-refractivity contribution in [3.8, 4) is 0 Å². The second-order valence-electron chi connectivity index (χ2n) is 6.01. The lowest BCUT2D eigenvalue weighted by Gasteiger charge is -2.18. The number of nitrogens with one attached hydrogen (secondary N) is 2. The van der Waals surface area contributed by atoms with Gasteiger partial charge in [-0.3, -0.25) is 9.67 Å². The molecule has 0 spiro atoms. The van der Waals surface area contributed by atoms with Gasteiger partial charge in [0, 0.05) is 26.3 Å². The number of aromatic nitrogens is 2. The van der Waals surface area contributed by atoms with Gasteiger partial charge in [-0.2, -0.15) is 5.10 Å². The molecule has 0 saturated heterocycles. The molecule has 0 saturated carbocycles. The van der Waals surface area contributed by atoms with E-state index in [1.165, 1.54) is 5.56 Å². The quantitative estimate of drug-likeness (QED) is 0.301. The molecule has 0 aliphatic heterocycles. The summed E-state index contributed by atoms with van der Waals surface area (Å²) in [5.41, 5.74) is 2.72. The van der Waals surface area contributed by atoms with E-state index in [1.807, 2.05) is 37.0 Å². The van der Waals surface area contributed by atoms with Crippen molar-refractivity contribution in [2.45, 2.75) is 39.8 Å². The number of hydrogen-bond donors (Lipinski definition) is 2. The Hall–Kier alpha value is -1.64. The van der Waals surface area contributed by atoms with Gasteiger partial charge in [0.25, 0.3) is 0 Å². The van der Waals surface area contributed by atoms with Crippen molar-refractivity contribution in [3.63, 3.8) is 0 Å². The highest BCUT2D eigenvalue weighted by atomic mass is 127. The summed E-state index contributed by atoms with van der Waals surface area (Å²) in [4.78, 5) is 4.22. The summed E-state index contributed by atoms with van der Waals surface area (Å²) in [5.74, 6) is 0.527. The third-order valence-corrected chi connectivity index (χ3v) is 3.89. The van der Waals surface area contributed by atoms with Crippen LogP contribution in [0.3, 0.4) is 0 Å². The third kappa shape index (κ3) is 6.64. The Kier molecular flexibility index (Phi) is 8.88. The number of nitrogens with zero attached hydrogens (tertiary/aromatic N) is 3. The van der Waals surface area contributed by atoms with Crippen LogP contribution in [0.1, 0.15) is 36.1 Å². The zero-order chi connectivity index (χ0) is 17.5. The molecule has 25 heavy (non-hydrogen) atoms. The molecule has 2 aromatic rings. The Morgan fingerprint density at radius 3 is 2.72 bits per heavy atom. The van der Waals surface area contributed by atoms with E-state index in [0.29, 0.717) is 11.5 Å². The maximum atomic E-state index is 13.7. The Morgan fingerprint density at radius 2 is 2.12 bits per heavy atom. The Balaban J connectivity index is 0.00000312. The van der Waals surface area contributed by atoms with Gasteiger partial charge in [0.2, 0.25) is 0 Å². The molecule has 7 heteroatoms. The van der Waals surface area contributed by atoms with E-state index in [-0.39, 0.29) is 35.8 Å². The zero-order valence-electron chi connectivity index (χ0n) is 15.2. The molecule has 1 aromatic heterocycles. The van der Waals surface area contributed by atoms with E-state index < -0.39 is 0 Å². The Bertz CT molecular complexity index is 699. The van der Waals surface area contributed by atoms with Crippen LogP contribution in [-0.4, -0.2) is 29.3 Å². The summed E-state index contributed by atoms with van der Waals surface area (Å²) < 4.78 is 15.6. The van der Waals surface area contributed by atoms with Crippen LogP contribution in [0.4, 0.5) is 4.39 Å². The minimum atomic E-state index is -0.182. The first kappa shape index (κ1) is 21.4. The smallest absolute Gasteiger partial charge is 0.191 e. The second kappa shape index (κ2) is 10.4. The van der Waals surface area contributed by atoms with Gasteiger partial charge in [0.05, 0.1) is 12.2 Å². The first-order valence-electron chi connectivity index (χ1n) is 8.22. The summed E-state index contributed by atoms with van der Waals surface area (Å²) in [6.07, 6.45) is 4.83. The fraction of sp³-hybridized carbons (Fsp3) is 0.444. The number of halogens is 2. The van der Waals surface area contributed by atoms with Crippen molar-refractivity contribution in [1.82, 2.24) is 20.4 Å². The van der Waals surface area contributed by atoms with Gasteiger partial charge < -0.3 is 10.6 Å².